The summed E-state index contributed by atoms with van der Waals surface area (Å²) in [7, 11) is 0. The number of esters is 1. The molecule has 0 N–H and O–H groups in total. The summed E-state index contributed by atoms with van der Waals surface area (Å²) < 4.78 is 5.47. The molecule has 200 valence electrons. The van der Waals surface area contributed by atoms with Crippen LogP contribution < -0.4 is 0 Å². The van der Waals surface area contributed by atoms with Gasteiger partial charge in [-0.2, -0.15) is 0 Å². The maximum absolute atomic E-state index is 12.1. The van der Waals surface area contributed by atoms with Gasteiger partial charge >= 0.3 is 5.97 Å². The van der Waals surface area contributed by atoms with E-state index in [2.05, 4.69) is 86.8 Å². The molecule has 0 radical (unpaired) electrons. The Hall–Kier alpha value is -2.09. The molecule has 0 aromatic carbocycles. The molecule has 2 aliphatic carbocycles. The summed E-state index contributed by atoms with van der Waals surface area (Å²) >= 11 is 0. The SMILES string of the molecule is CC/C=C\C1(CCCCCCCOC(=O)CCCCCCC2(/C=C\CC)C=CCC=C2)C=CCC=C1. The minimum absolute atomic E-state index is 0.0176. The smallest absolute Gasteiger partial charge is 0.305 e. The second kappa shape index (κ2) is 18.2. The summed E-state index contributed by atoms with van der Waals surface area (Å²) in [5.41, 5.74) is 0.256. The van der Waals surface area contributed by atoms with Gasteiger partial charge in [-0.1, -0.05) is 132 Å². The number of ether oxygens (including phenoxy) is 1. The standard InChI is InChI=1S/C34H52O2/c1-3-5-23-33(27-17-12-18-28-33)25-15-9-7-11-21-31-36-32(35)22-14-8-10-16-26-34(24-6-4-2)29-19-13-20-30-34/h5-6,17-20,23-24,27-30H,3-4,7-16,21-22,25-26,31H2,1-2H3/b23-5-,24-6-. The van der Waals surface area contributed by atoms with Crippen molar-refractivity contribution >= 4 is 5.97 Å². The van der Waals surface area contributed by atoms with Gasteiger partial charge in [-0.25, -0.2) is 0 Å². The lowest BCUT2D eigenvalue weighted by Gasteiger charge is -2.26. The number of hydrogen-bond donors (Lipinski definition) is 0. The molecule has 0 fully saturated rings. The van der Waals surface area contributed by atoms with Gasteiger partial charge in [0.2, 0.25) is 0 Å². The maximum Gasteiger partial charge on any atom is 0.305 e. The number of unbranched alkanes of at least 4 members (excludes halogenated alkanes) is 7. The van der Waals surface area contributed by atoms with Crippen LogP contribution in [0.2, 0.25) is 0 Å². The van der Waals surface area contributed by atoms with Crippen molar-refractivity contribution in [1.82, 2.24) is 0 Å². The minimum Gasteiger partial charge on any atom is -0.466 e. The summed E-state index contributed by atoms with van der Waals surface area (Å²) in [6, 6.07) is 0. The zero-order valence-corrected chi connectivity index (χ0v) is 23.3. The molecule has 0 unspecified atom stereocenters. The fourth-order valence-electron chi connectivity index (χ4n) is 5.19. The molecule has 0 saturated heterocycles. The lowest BCUT2D eigenvalue weighted by molar-refractivity contribution is -0.143. The predicted octanol–water partition coefficient (Wildman–Crippen LogP) is 10.1. The number of allylic oxidation sites excluding steroid dienone is 12. The average molecular weight is 493 g/mol. The van der Waals surface area contributed by atoms with Crippen LogP contribution in [0.3, 0.4) is 0 Å². The molecule has 0 aromatic rings. The van der Waals surface area contributed by atoms with Crippen LogP contribution >= 0.6 is 0 Å². The molecule has 0 aromatic heterocycles. The first-order valence-corrected chi connectivity index (χ1v) is 14.9. The monoisotopic (exact) mass is 492 g/mol. The predicted molar refractivity (Wildman–Crippen MR) is 156 cm³/mol. The van der Waals surface area contributed by atoms with Gasteiger partial charge in [0.15, 0.2) is 0 Å². The van der Waals surface area contributed by atoms with Crippen LogP contribution in [-0.2, 0) is 9.53 Å². The van der Waals surface area contributed by atoms with Gasteiger partial charge in [0.25, 0.3) is 0 Å². The first-order chi connectivity index (χ1) is 17.6. The molecular formula is C34H52O2. The third-order valence-corrected chi connectivity index (χ3v) is 7.34. The molecule has 2 rings (SSSR count). The quantitative estimate of drug-likeness (QED) is 0.102. The third kappa shape index (κ3) is 12.2. The summed E-state index contributed by atoms with van der Waals surface area (Å²) in [5, 5.41) is 0. The van der Waals surface area contributed by atoms with Crippen LogP contribution in [0.15, 0.2) is 72.9 Å². The Morgan fingerprint density at radius 1 is 0.667 bits per heavy atom. The lowest BCUT2D eigenvalue weighted by Crippen LogP contribution is -2.13. The Balaban J connectivity index is 1.45. The number of rotatable bonds is 19. The van der Waals surface area contributed by atoms with E-state index in [-0.39, 0.29) is 16.8 Å². The lowest BCUT2D eigenvalue weighted by atomic mass is 9.79. The van der Waals surface area contributed by atoms with Gasteiger partial charge in [0.1, 0.15) is 0 Å². The van der Waals surface area contributed by atoms with E-state index in [1.165, 1.54) is 38.5 Å². The minimum atomic E-state index is -0.0176. The molecule has 0 bridgehead atoms. The van der Waals surface area contributed by atoms with Crippen LogP contribution in [-0.4, -0.2) is 12.6 Å². The van der Waals surface area contributed by atoms with Crippen LogP contribution in [0.5, 0.6) is 0 Å². The second-order valence-corrected chi connectivity index (χ2v) is 10.6. The van der Waals surface area contributed by atoms with Crippen LogP contribution in [0.25, 0.3) is 0 Å². The summed E-state index contributed by atoms with van der Waals surface area (Å²) in [6.07, 6.45) is 45.4. The Morgan fingerprint density at radius 2 is 1.11 bits per heavy atom. The average Bonchev–Trinajstić information content (AvgIpc) is 2.91. The molecule has 2 heteroatoms. The molecule has 36 heavy (non-hydrogen) atoms. The normalized spacial score (nSPS) is 17.9. The van der Waals surface area contributed by atoms with E-state index >= 15 is 0 Å². The van der Waals surface area contributed by atoms with Gasteiger partial charge in [-0.15, -0.1) is 0 Å². The molecule has 0 atom stereocenters. The van der Waals surface area contributed by atoms with Crippen molar-refractivity contribution < 1.29 is 9.53 Å². The van der Waals surface area contributed by atoms with Gasteiger partial charge < -0.3 is 4.74 Å². The van der Waals surface area contributed by atoms with Crippen LogP contribution in [0.4, 0.5) is 0 Å². The number of carbonyl (C=O) groups excluding carboxylic acids is 1. The van der Waals surface area contributed by atoms with Crippen molar-refractivity contribution in [3.05, 3.63) is 72.9 Å². The van der Waals surface area contributed by atoms with E-state index < -0.39 is 0 Å². The fraction of sp³-hybridized carbons (Fsp3) is 0.618. The highest BCUT2D eigenvalue weighted by atomic mass is 16.5. The number of hydrogen-bond acceptors (Lipinski definition) is 2. The van der Waals surface area contributed by atoms with Crippen molar-refractivity contribution in [2.24, 2.45) is 10.8 Å². The fourth-order valence-corrected chi connectivity index (χ4v) is 5.19. The van der Waals surface area contributed by atoms with Gasteiger partial charge in [-0.3, -0.25) is 4.79 Å². The Kier molecular flexibility index (Phi) is 15.2. The van der Waals surface area contributed by atoms with Crippen molar-refractivity contribution in [1.29, 1.82) is 0 Å². The summed E-state index contributed by atoms with van der Waals surface area (Å²) in [5.74, 6) is -0.0176. The van der Waals surface area contributed by atoms with Crippen LogP contribution in [0.1, 0.15) is 117 Å². The van der Waals surface area contributed by atoms with E-state index in [0.29, 0.717) is 13.0 Å². The highest BCUT2D eigenvalue weighted by molar-refractivity contribution is 5.69. The van der Waals surface area contributed by atoms with Crippen molar-refractivity contribution in [2.45, 2.75) is 117 Å². The van der Waals surface area contributed by atoms with Crippen molar-refractivity contribution in [2.75, 3.05) is 6.61 Å². The third-order valence-electron chi connectivity index (χ3n) is 7.34. The van der Waals surface area contributed by atoms with Crippen LogP contribution in [0, 0.1) is 10.8 Å². The second-order valence-electron chi connectivity index (χ2n) is 10.6. The van der Waals surface area contributed by atoms with Crippen molar-refractivity contribution in [3.8, 4) is 0 Å². The molecule has 2 aliphatic rings. The molecule has 0 aliphatic heterocycles. The molecule has 0 saturated carbocycles. The van der Waals surface area contributed by atoms with Crippen molar-refractivity contribution in [3.63, 3.8) is 0 Å². The van der Waals surface area contributed by atoms with Gasteiger partial charge in [-0.05, 0) is 51.4 Å². The van der Waals surface area contributed by atoms with Gasteiger partial charge in [0.05, 0.1) is 6.61 Å². The first-order valence-electron chi connectivity index (χ1n) is 14.9. The first kappa shape index (κ1) is 30.1. The van der Waals surface area contributed by atoms with Gasteiger partial charge in [0, 0.05) is 17.3 Å². The molecule has 0 spiro atoms. The highest BCUT2D eigenvalue weighted by Gasteiger charge is 2.21. The Labute approximate surface area is 222 Å². The molecule has 2 nitrogen and oxygen atoms in total. The topological polar surface area (TPSA) is 26.3 Å². The van der Waals surface area contributed by atoms with E-state index in [4.69, 9.17) is 4.74 Å². The molecular weight excluding hydrogens is 440 g/mol. The largest absolute Gasteiger partial charge is 0.466 e. The van der Waals surface area contributed by atoms with E-state index in [1.54, 1.807) is 0 Å². The summed E-state index contributed by atoms with van der Waals surface area (Å²) in [6.45, 7) is 4.97. The van der Waals surface area contributed by atoms with E-state index in [1.807, 2.05) is 0 Å². The Morgan fingerprint density at radius 3 is 1.61 bits per heavy atom. The maximum atomic E-state index is 12.1. The summed E-state index contributed by atoms with van der Waals surface area (Å²) in [4.78, 5) is 12.1. The Bertz CT molecular complexity index is 753. The zero-order valence-electron chi connectivity index (χ0n) is 23.3. The number of carbonyl (C=O) groups is 1. The van der Waals surface area contributed by atoms with E-state index in [9.17, 15) is 4.79 Å². The molecule has 0 amide bonds. The highest BCUT2D eigenvalue weighted by Crippen LogP contribution is 2.34. The zero-order chi connectivity index (χ0) is 25.8. The molecule has 0 heterocycles. The van der Waals surface area contributed by atoms with E-state index in [0.717, 1.165) is 57.8 Å².